The molecule has 7 nitrogen and oxygen atoms in total. The van der Waals surface area contributed by atoms with Crippen LogP contribution in [0.2, 0.25) is 0 Å². The molecule has 3 aromatic rings. The molecule has 2 aliphatic rings. The van der Waals surface area contributed by atoms with Gasteiger partial charge in [0.05, 0.1) is 13.2 Å². The maximum atomic E-state index is 6.71. The van der Waals surface area contributed by atoms with Gasteiger partial charge in [-0.1, -0.05) is 30.3 Å². The molecule has 0 spiro atoms. The molecule has 1 unspecified atom stereocenters. The first-order valence-corrected chi connectivity index (χ1v) is 11.2. The second-order valence-corrected chi connectivity index (χ2v) is 8.31. The fourth-order valence-electron chi connectivity index (χ4n) is 4.37. The molecule has 0 radical (unpaired) electrons. The van der Waals surface area contributed by atoms with Gasteiger partial charge in [0.2, 0.25) is 5.79 Å². The van der Waals surface area contributed by atoms with Gasteiger partial charge in [0.15, 0.2) is 0 Å². The van der Waals surface area contributed by atoms with Crippen molar-refractivity contribution in [2.24, 2.45) is 10.7 Å². The van der Waals surface area contributed by atoms with Crippen LogP contribution in [0.4, 0.5) is 0 Å². The van der Waals surface area contributed by atoms with Gasteiger partial charge in [-0.3, -0.25) is 10.6 Å². The van der Waals surface area contributed by atoms with Crippen molar-refractivity contribution in [3.05, 3.63) is 72.2 Å². The smallest absolute Gasteiger partial charge is 0.210 e. The monoisotopic (exact) mass is 430 g/mol. The number of nitrogens with two attached hydrogens (primary N) is 1. The quantitative estimate of drug-likeness (QED) is 0.433. The lowest BCUT2D eigenvalue weighted by molar-refractivity contribution is 0.0375. The van der Waals surface area contributed by atoms with Crippen molar-refractivity contribution in [2.45, 2.75) is 12.2 Å². The van der Waals surface area contributed by atoms with E-state index in [4.69, 9.17) is 10.5 Å². The first-order chi connectivity index (χ1) is 15.7. The zero-order valence-corrected chi connectivity index (χ0v) is 18.2. The van der Waals surface area contributed by atoms with Crippen molar-refractivity contribution in [3.63, 3.8) is 0 Å². The van der Waals surface area contributed by atoms with E-state index in [0.717, 1.165) is 68.3 Å². The SMILES string of the molecule is NC1(c2cccc(-c3cccc4[nH]ccc34)c2)N=CC=C(NCCCN2CCOCC2)N1. The summed E-state index contributed by atoms with van der Waals surface area (Å²) in [6.45, 7) is 5.65. The molecule has 1 saturated heterocycles. The van der Waals surface area contributed by atoms with Crippen molar-refractivity contribution >= 4 is 17.1 Å². The van der Waals surface area contributed by atoms with E-state index in [-0.39, 0.29) is 0 Å². The number of ether oxygens (including phenoxy) is 1. The fraction of sp³-hybridized carbons (Fsp3) is 0.320. The number of fused-ring (bicyclic) bond motifs is 1. The van der Waals surface area contributed by atoms with Crippen LogP contribution in [0.3, 0.4) is 0 Å². The van der Waals surface area contributed by atoms with Crippen LogP contribution in [-0.4, -0.2) is 55.5 Å². The number of hydrogen-bond acceptors (Lipinski definition) is 6. The van der Waals surface area contributed by atoms with Crippen LogP contribution in [0.1, 0.15) is 12.0 Å². The van der Waals surface area contributed by atoms with Crippen LogP contribution < -0.4 is 16.4 Å². The average molecular weight is 431 g/mol. The highest BCUT2D eigenvalue weighted by Gasteiger charge is 2.29. The van der Waals surface area contributed by atoms with Crippen LogP contribution in [0.15, 0.2) is 71.6 Å². The lowest BCUT2D eigenvalue weighted by atomic mass is 9.97. The van der Waals surface area contributed by atoms with Gasteiger partial charge in [-0.15, -0.1) is 0 Å². The van der Waals surface area contributed by atoms with Crippen molar-refractivity contribution in [3.8, 4) is 11.1 Å². The molecule has 2 aliphatic heterocycles. The molecule has 1 fully saturated rings. The summed E-state index contributed by atoms with van der Waals surface area (Å²) in [7, 11) is 0. The van der Waals surface area contributed by atoms with Crippen LogP contribution in [0.5, 0.6) is 0 Å². The van der Waals surface area contributed by atoms with E-state index in [1.165, 1.54) is 10.9 Å². The lowest BCUT2D eigenvalue weighted by Gasteiger charge is -2.32. The third-order valence-electron chi connectivity index (χ3n) is 6.12. The van der Waals surface area contributed by atoms with E-state index in [1.54, 1.807) is 6.21 Å². The van der Waals surface area contributed by atoms with E-state index in [0.29, 0.717) is 0 Å². The summed E-state index contributed by atoms with van der Waals surface area (Å²) in [5, 5.41) is 8.05. The van der Waals surface area contributed by atoms with Gasteiger partial charge < -0.3 is 20.4 Å². The summed E-state index contributed by atoms with van der Waals surface area (Å²) in [6, 6.07) is 16.7. The second-order valence-electron chi connectivity index (χ2n) is 8.31. The minimum Gasteiger partial charge on any atom is -0.379 e. The molecule has 0 aliphatic carbocycles. The van der Waals surface area contributed by atoms with Crippen LogP contribution in [0.25, 0.3) is 22.0 Å². The summed E-state index contributed by atoms with van der Waals surface area (Å²) >= 11 is 0. The number of aliphatic imine (C=N–C) groups is 1. The number of nitrogens with one attached hydrogen (secondary N) is 3. The summed E-state index contributed by atoms with van der Waals surface area (Å²) < 4.78 is 5.41. The minimum absolute atomic E-state index is 0.837. The molecule has 1 aromatic heterocycles. The van der Waals surface area contributed by atoms with Gasteiger partial charge in [-0.2, -0.15) is 0 Å². The van der Waals surface area contributed by atoms with E-state index >= 15 is 0 Å². The lowest BCUT2D eigenvalue weighted by Crippen LogP contribution is -2.52. The Kier molecular flexibility index (Phi) is 5.94. The zero-order valence-electron chi connectivity index (χ0n) is 18.2. The topological polar surface area (TPSA) is 90.7 Å². The molecule has 5 N–H and O–H groups in total. The van der Waals surface area contributed by atoms with E-state index < -0.39 is 5.79 Å². The van der Waals surface area contributed by atoms with E-state index in [1.807, 2.05) is 24.4 Å². The number of aromatic amines is 1. The first kappa shape index (κ1) is 20.8. The van der Waals surface area contributed by atoms with Gasteiger partial charge in [-0.05, 0) is 48.4 Å². The Morgan fingerprint density at radius 1 is 1.12 bits per heavy atom. The number of aromatic nitrogens is 1. The first-order valence-electron chi connectivity index (χ1n) is 11.2. The Labute approximate surface area is 188 Å². The van der Waals surface area contributed by atoms with Gasteiger partial charge >= 0.3 is 0 Å². The molecule has 32 heavy (non-hydrogen) atoms. The Morgan fingerprint density at radius 3 is 2.91 bits per heavy atom. The van der Waals surface area contributed by atoms with Crippen molar-refractivity contribution < 1.29 is 4.74 Å². The fourth-order valence-corrected chi connectivity index (χ4v) is 4.37. The molecule has 1 atom stereocenters. The number of allylic oxidation sites excluding steroid dienone is 1. The number of morpholine rings is 1. The maximum Gasteiger partial charge on any atom is 0.210 e. The normalized spacial score (nSPS) is 21.3. The van der Waals surface area contributed by atoms with Gasteiger partial charge in [0, 0.05) is 48.5 Å². The van der Waals surface area contributed by atoms with E-state index in [9.17, 15) is 0 Å². The highest BCUT2D eigenvalue weighted by molar-refractivity contribution is 5.95. The van der Waals surface area contributed by atoms with E-state index in [2.05, 4.69) is 61.9 Å². The summed E-state index contributed by atoms with van der Waals surface area (Å²) in [5.41, 5.74) is 11.0. The number of nitrogens with zero attached hydrogens (tertiary/aromatic N) is 2. The minimum atomic E-state index is -1.01. The molecule has 2 aromatic carbocycles. The third-order valence-corrected chi connectivity index (χ3v) is 6.12. The standard InChI is InChI=1S/C25H30N6O/c26-25(29-12-9-24(30-25)28-10-3-13-31-14-16-32-17-15-31)20-5-1-4-19(18-20)21-6-2-7-23-22(21)8-11-27-23/h1-2,4-9,11-12,18,27-28,30H,3,10,13-17,26H2. The van der Waals surface area contributed by atoms with Crippen LogP contribution in [-0.2, 0) is 10.5 Å². The molecule has 0 bridgehead atoms. The zero-order chi connectivity index (χ0) is 21.8. The predicted octanol–water partition coefficient (Wildman–Crippen LogP) is 2.73. The van der Waals surface area contributed by atoms with Crippen LogP contribution in [0, 0.1) is 0 Å². The number of rotatable bonds is 7. The van der Waals surface area contributed by atoms with Gasteiger partial charge in [-0.25, -0.2) is 4.99 Å². The summed E-state index contributed by atoms with van der Waals surface area (Å²) in [4.78, 5) is 10.3. The highest BCUT2D eigenvalue weighted by atomic mass is 16.5. The van der Waals surface area contributed by atoms with Gasteiger partial charge in [0.1, 0.15) is 5.82 Å². The van der Waals surface area contributed by atoms with Crippen LogP contribution >= 0.6 is 0 Å². The summed E-state index contributed by atoms with van der Waals surface area (Å²) in [5.74, 6) is -0.119. The third kappa shape index (κ3) is 4.41. The van der Waals surface area contributed by atoms with Crippen molar-refractivity contribution in [1.82, 2.24) is 20.5 Å². The Balaban J connectivity index is 1.26. The molecule has 0 amide bonds. The molecule has 0 saturated carbocycles. The Morgan fingerprint density at radius 2 is 2.00 bits per heavy atom. The molecule has 5 rings (SSSR count). The van der Waals surface area contributed by atoms with Crippen molar-refractivity contribution in [1.29, 1.82) is 0 Å². The number of benzene rings is 2. The average Bonchev–Trinajstić information content (AvgIpc) is 3.32. The highest BCUT2D eigenvalue weighted by Crippen LogP contribution is 2.31. The van der Waals surface area contributed by atoms with Gasteiger partial charge in [0.25, 0.3) is 0 Å². The molecular formula is C25H30N6O. The molecular weight excluding hydrogens is 400 g/mol. The van der Waals surface area contributed by atoms with Crippen molar-refractivity contribution in [2.75, 3.05) is 39.4 Å². The molecule has 7 heteroatoms. The maximum absolute atomic E-state index is 6.71. The molecule has 3 heterocycles. The Hall–Kier alpha value is -3.13. The number of hydrogen-bond donors (Lipinski definition) is 4. The molecule has 166 valence electrons. The summed E-state index contributed by atoms with van der Waals surface area (Å²) in [6.07, 6.45) is 6.74. The predicted molar refractivity (Wildman–Crippen MR) is 129 cm³/mol. The largest absolute Gasteiger partial charge is 0.379 e. The Bertz CT molecular complexity index is 1130. The second kappa shape index (κ2) is 9.16. The number of H-pyrrole nitrogens is 1.